The van der Waals surface area contributed by atoms with Crippen molar-refractivity contribution in [2.75, 3.05) is 18.4 Å². The van der Waals surface area contributed by atoms with Gasteiger partial charge in [0.1, 0.15) is 10.7 Å². The summed E-state index contributed by atoms with van der Waals surface area (Å²) in [5.74, 6) is -4.06. The number of carbonyl (C=O) groups excluding carboxylic acids is 2. The number of hydrogen-bond acceptors (Lipinski definition) is 5. The summed E-state index contributed by atoms with van der Waals surface area (Å²) in [6.07, 6.45) is -0.502. The van der Waals surface area contributed by atoms with Gasteiger partial charge in [0, 0.05) is 23.9 Å². The molecule has 1 saturated heterocycles. The zero-order valence-corrected chi connectivity index (χ0v) is 15.2. The van der Waals surface area contributed by atoms with E-state index in [1.54, 1.807) is 6.07 Å². The van der Waals surface area contributed by atoms with Crippen LogP contribution in [0.4, 0.5) is 23.7 Å². The molecule has 148 valence electrons. The van der Waals surface area contributed by atoms with Gasteiger partial charge in [-0.05, 0) is 23.8 Å². The number of carbonyl (C=O) groups is 2. The normalized spacial score (nSPS) is 18.3. The fourth-order valence-electron chi connectivity index (χ4n) is 2.87. The molecule has 1 aromatic carbocycles. The van der Waals surface area contributed by atoms with Gasteiger partial charge in [-0.1, -0.05) is 17.2 Å². The second-order valence-electron chi connectivity index (χ2n) is 6.27. The number of hydrogen-bond donors (Lipinski definition) is 4. The number of halogens is 3. The molecule has 28 heavy (non-hydrogen) atoms. The lowest BCUT2D eigenvalue weighted by Gasteiger charge is -2.30. The molecule has 4 N–H and O–H groups in total. The van der Waals surface area contributed by atoms with Gasteiger partial charge < -0.3 is 16.0 Å². The van der Waals surface area contributed by atoms with Crippen molar-refractivity contribution in [1.29, 1.82) is 5.53 Å². The summed E-state index contributed by atoms with van der Waals surface area (Å²) in [7, 11) is 0. The number of nitrogens with zero attached hydrogens (tertiary/aromatic N) is 1. The summed E-state index contributed by atoms with van der Waals surface area (Å²) < 4.78 is 40.6. The van der Waals surface area contributed by atoms with Gasteiger partial charge in [-0.2, -0.15) is 5.53 Å². The number of rotatable bonds is 4. The maximum atomic E-state index is 13.5. The second-order valence-corrected chi connectivity index (χ2v) is 7.32. The number of alkyl halides is 2. The van der Waals surface area contributed by atoms with E-state index >= 15 is 0 Å². The van der Waals surface area contributed by atoms with Crippen LogP contribution in [0, 0.1) is 11.3 Å². The van der Waals surface area contributed by atoms with Crippen molar-refractivity contribution in [1.82, 2.24) is 10.6 Å². The molecule has 1 fully saturated rings. The topological polar surface area (TPSA) is 106 Å². The Bertz CT molecular complexity index is 918. The Labute approximate surface area is 161 Å². The van der Waals surface area contributed by atoms with E-state index < -0.39 is 42.7 Å². The maximum Gasteiger partial charge on any atom is 0.363 e. The third-order valence-electron chi connectivity index (χ3n) is 4.05. The van der Waals surface area contributed by atoms with Crippen LogP contribution in [-0.2, 0) is 0 Å². The number of amides is 3. The van der Waals surface area contributed by atoms with Crippen molar-refractivity contribution in [2.24, 2.45) is 5.11 Å². The Morgan fingerprint density at radius 3 is 2.79 bits per heavy atom. The van der Waals surface area contributed by atoms with Crippen LogP contribution >= 0.6 is 11.3 Å². The van der Waals surface area contributed by atoms with Crippen LogP contribution in [0.25, 0.3) is 10.4 Å². The first-order valence-electron chi connectivity index (χ1n) is 8.25. The lowest BCUT2D eigenvalue weighted by molar-refractivity contribution is -0.0301. The van der Waals surface area contributed by atoms with E-state index in [0.29, 0.717) is 10.4 Å². The van der Waals surface area contributed by atoms with E-state index in [1.807, 2.05) is 0 Å². The Hall–Kier alpha value is -2.79. The van der Waals surface area contributed by atoms with Crippen molar-refractivity contribution in [3.05, 3.63) is 41.0 Å². The fraction of sp³-hybridized carbons (Fsp3) is 0.294. The first-order valence-corrected chi connectivity index (χ1v) is 9.07. The minimum atomic E-state index is -2.93. The molecule has 2 heterocycles. The predicted octanol–water partition coefficient (Wildman–Crippen LogP) is 3.84. The molecule has 11 heteroatoms. The minimum Gasteiger partial charge on any atom is -0.347 e. The molecule has 1 aromatic heterocycles. The number of nitrogens with one attached hydrogen (secondary N) is 4. The van der Waals surface area contributed by atoms with E-state index in [4.69, 9.17) is 5.53 Å². The first kappa shape index (κ1) is 20.0. The van der Waals surface area contributed by atoms with Gasteiger partial charge in [-0.25, -0.2) is 18.0 Å². The summed E-state index contributed by atoms with van der Waals surface area (Å²) >= 11 is 0.966. The molecule has 2 aromatic rings. The van der Waals surface area contributed by atoms with E-state index in [0.717, 1.165) is 11.3 Å². The maximum absolute atomic E-state index is 13.5. The monoisotopic (exact) mass is 411 g/mol. The van der Waals surface area contributed by atoms with Crippen LogP contribution in [0.2, 0.25) is 0 Å². The van der Waals surface area contributed by atoms with E-state index in [1.165, 1.54) is 24.3 Å². The van der Waals surface area contributed by atoms with Gasteiger partial charge in [-0.3, -0.25) is 4.79 Å². The highest BCUT2D eigenvalue weighted by Crippen LogP contribution is 2.35. The van der Waals surface area contributed by atoms with E-state index in [9.17, 15) is 22.8 Å². The molecule has 1 aliphatic heterocycles. The van der Waals surface area contributed by atoms with Crippen LogP contribution in [-0.4, -0.2) is 37.0 Å². The van der Waals surface area contributed by atoms with Crippen molar-refractivity contribution in [2.45, 2.75) is 18.4 Å². The van der Waals surface area contributed by atoms with Gasteiger partial charge >= 0.3 is 6.03 Å². The van der Waals surface area contributed by atoms with Crippen LogP contribution in [0.5, 0.6) is 0 Å². The third-order valence-corrected chi connectivity index (χ3v) is 5.23. The molecule has 0 aliphatic carbocycles. The number of thiophene rings is 1. The van der Waals surface area contributed by atoms with Gasteiger partial charge in [0.15, 0.2) is 0 Å². The number of anilines is 1. The number of benzene rings is 1. The van der Waals surface area contributed by atoms with Gasteiger partial charge in [0.2, 0.25) is 0 Å². The number of piperidine rings is 1. The molecule has 1 atom stereocenters. The summed E-state index contributed by atoms with van der Waals surface area (Å²) in [6.45, 7) is -0.262. The van der Waals surface area contributed by atoms with E-state index in [2.05, 4.69) is 21.1 Å². The summed E-state index contributed by atoms with van der Waals surface area (Å²) in [6, 6.07) is 5.32. The van der Waals surface area contributed by atoms with Crippen molar-refractivity contribution in [3.8, 4) is 10.4 Å². The van der Waals surface area contributed by atoms with Crippen molar-refractivity contribution < 1.29 is 22.8 Å². The molecule has 0 saturated carbocycles. The quantitative estimate of drug-likeness (QED) is 0.574. The van der Waals surface area contributed by atoms with Crippen LogP contribution in [0.3, 0.4) is 0 Å². The molecule has 3 rings (SSSR count). The first-order chi connectivity index (χ1) is 13.3. The van der Waals surface area contributed by atoms with Crippen LogP contribution in [0.1, 0.15) is 16.1 Å². The highest BCUT2D eigenvalue weighted by Gasteiger charge is 2.37. The Morgan fingerprint density at radius 2 is 2.11 bits per heavy atom. The Morgan fingerprint density at radius 1 is 1.32 bits per heavy atom. The summed E-state index contributed by atoms with van der Waals surface area (Å²) in [5, 5.41) is 10.1. The van der Waals surface area contributed by atoms with Gasteiger partial charge in [0.05, 0.1) is 12.2 Å². The SMILES string of the molecule is N=NC(=O)Nc1cc(-c2cccc(F)c2)sc1C(=O)N[C@@H]1CNCC(F)(F)C1. The molecular weight excluding hydrogens is 395 g/mol. The third kappa shape index (κ3) is 4.73. The van der Waals surface area contributed by atoms with Crippen molar-refractivity contribution in [3.63, 3.8) is 0 Å². The Balaban J connectivity index is 1.88. The smallest absolute Gasteiger partial charge is 0.347 e. The lowest BCUT2D eigenvalue weighted by Crippen LogP contribution is -2.53. The molecule has 3 amide bonds. The Kier molecular flexibility index (Phi) is 5.75. The van der Waals surface area contributed by atoms with Gasteiger partial charge in [0.25, 0.3) is 11.8 Å². The fourth-order valence-corrected chi connectivity index (χ4v) is 3.88. The second kappa shape index (κ2) is 8.07. The predicted molar refractivity (Wildman–Crippen MR) is 97.6 cm³/mol. The molecule has 0 bridgehead atoms. The summed E-state index contributed by atoms with van der Waals surface area (Å²) in [5.41, 5.74) is 7.31. The molecule has 0 radical (unpaired) electrons. The lowest BCUT2D eigenvalue weighted by atomic mass is 10.0. The summed E-state index contributed by atoms with van der Waals surface area (Å²) in [4.78, 5) is 24.6. The average molecular weight is 411 g/mol. The zero-order chi connectivity index (χ0) is 20.3. The molecule has 0 spiro atoms. The zero-order valence-electron chi connectivity index (χ0n) is 14.4. The average Bonchev–Trinajstić information content (AvgIpc) is 3.04. The highest BCUT2D eigenvalue weighted by molar-refractivity contribution is 7.18. The molecular formula is C17H16F3N5O2S. The molecule has 1 aliphatic rings. The van der Waals surface area contributed by atoms with Gasteiger partial charge in [-0.15, -0.1) is 11.3 Å². The number of urea groups is 1. The minimum absolute atomic E-state index is 0.0464. The standard InChI is InChI=1S/C17H16F3N5O2S/c18-10-3-1-2-9(4-10)13-5-12(24-16(27)25-21)14(28-13)15(26)23-11-6-17(19,20)8-22-7-11/h1-5,11,21-22H,6-8H2,(H,23,26)(H,24,27)/t11-/m0/s1. The van der Waals surface area contributed by atoms with Crippen molar-refractivity contribution >= 4 is 29.0 Å². The largest absolute Gasteiger partial charge is 0.363 e. The highest BCUT2D eigenvalue weighted by atomic mass is 32.1. The van der Waals surface area contributed by atoms with Crippen LogP contribution in [0.15, 0.2) is 35.4 Å². The molecule has 0 unspecified atom stereocenters. The molecule has 7 nitrogen and oxygen atoms in total. The van der Waals surface area contributed by atoms with Crippen LogP contribution < -0.4 is 16.0 Å². The van der Waals surface area contributed by atoms with E-state index in [-0.39, 0.29) is 17.1 Å².